The summed E-state index contributed by atoms with van der Waals surface area (Å²) in [7, 11) is 0. The van der Waals surface area contributed by atoms with Crippen molar-refractivity contribution in [1.29, 1.82) is 0 Å². The highest BCUT2D eigenvalue weighted by atomic mass is 16.4. The van der Waals surface area contributed by atoms with Crippen LogP contribution in [-0.2, 0) is 6.42 Å². The van der Waals surface area contributed by atoms with Gasteiger partial charge in [0.05, 0.1) is 5.56 Å². The fourth-order valence-electron chi connectivity index (χ4n) is 3.43. The van der Waals surface area contributed by atoms with Crippen molar-refractivity contribution < 1.29 is 9.90 Å². The van der Waals surface area contributed by atoms with Gasteiger partial charge in [0.15, 0.2) is 0 Å². The van der Waals surface area contributed by atoms with Crippen molar-refractivity contribution in [3.63, 3.8) is 0 Å². The van der Waals surface area contributed by atoms with Gasteiger partial charge in [0.2, 0.25) is 0 Å². The molecule has 0 aliphatic heterocycles. The second kappa shape index (κ2) is 7.33. The lowest BCUT2D eigenvalue weighted by Crippen LogP contribution is -2.01. The van der Waals surface area contributed by atoms with Crippen LogP contribution in [0.1, 0.15) is 72.1 Å². The van der Waals surface area contributed by atoms with Crippen molar-refractivity contribution in [2.75, 3.05) is 0 Å². The normalized spacial score (nSPS) is 11.5. The molecule has 0 aliphatic carbocycles. The van der Waals surface area contributed by atoms with E-state index in [1.165, 1.54) is 22.3 Å². The Morgan fingerprint density at radius 2 is 1.54 bits per heavy atom. The van der Waals surface area contributed by atoms with Crippen LogP contribution in [0, 0.1) is 0 Å². The van der Waals surface area contributed by atoms with Crippen molar-refractivity contribution in [3.05, 3.63) is 82.4 Å². The van der Waals surface area contributed by atoms with E-state index in [1.54, 1.807) is 12.1 Å². The largest absolute Gasteiger partial charge is 0.478 e. The fraction of sp³-hybridized carbons (Fsp3) is 0.292. The predicted octanol–water partition coefficient (Wildman–Crippen LogP) is 6.38. The van der Waals surface area contributed by atoms with E-state index < -0.39 is 5.97 Å². The molecule has 3 aromatic rings. The van der Waals surface area contributed by atoms with Crippen LogP contribution < -0.4 is 0 Å². The molecule has 1 N–H and O–H groups in total. The Balaban J connectivity index is 1.95. The molecule has 0 aliphatic rings. The Morgan fingerprint density at radius 1 is 0.846 bits per heavy atom. The highest BCUT2D eigenvalue weighted by Crippen LogP contribution is 2.27. The van der Waals surface area contributed by atoms with Gasteiger partial charge < -0.3 is 5.11 Å². The van der Waals surface area contributed by atoms with Gasteiger partial charge in [-0.2, -0.15) is 0 Å². The Hall–Kier alpha value is -2.61. The first-order chi connectivity index (χ1) is 12.3. The first-order valence-electron chi connectivity index (χ1n) is 9.24. The highest BCUT2D eigenvalue weighted by Gasteiger charge is 2.11. The number of aromatic carboxylic acids is 1. The van der Waals surface area contributed by atoms with E-state index in [0.29, 0.717) is 17.4 Å². The van der Waals surface area contributed by atoms with Crippen LogP contribution in [0.15, 0.2) is 54.6 Å². The first-order valence-corrected chi connectivity index (χ1v) is 9.24. The maximum absolute atomic E-state index is 11.1. The Morgan fingerprint density at radius 3 is 2.19 bits per heavy atom. The molecule has 134 valence electrons. The fourth-order valence-corrected chi connectivity index (χ4v) is 3.43. The number of hydrogen-bond donors (Lipinski definition) is 1. The van der Waals surface area contributed by atoms with Crippen LogP contribution >= 0.6 is 0 Å². The molecule has 0 atom stereocenters. The average Bonchev–Trinajstić information content (AvgIpc) is 2.61. The van der Waals surface area contributed by atoms with Gasteiger partial charge in [-0.05, 0) is 63.4 Å². The minimum Gasteiger partial charge on any atom is -0.478 e. The SMILES string of the molecule is CC(C)c1ccc(Cc2ccc3cc(C(=O)O)ccc3c2)c(C(C)C)c1. The van der Waals surface area contributed by atoms with Crippen molar-refractivity contribution >= 4 is 16.7 Å². The summed E-state index contributed by atoms with van der Waals surface area (Å²) in [6, 6.07) is 18.5. The molecule has 26 heavy (non-hydrogen) atoms. The second-order valence-corrected chi connectivity index (χ2v) is 7.65. The molecule has 0 saturated carbocycles. The Labute approximate surface area is 155 Å². The summed E-state index contributed by atoms with van der Waals surface area (Å²) in [6.45, 7) is 8.95. The monoisotopic (exact) mass is 346 g/mol. The molecule has 3 aromatic carbocycles. The molecule has 2 nitrogen and oxygen atoms in total. The summed E-state index contributed by atoms with van der Waals surface area (Å²) in [4.78, 5) is 11.1. The molecule has 0 saturated heterocycles. The minimum absolute atomic E-state index is 0.330. The van der Waals surface area contributed by atoms with Crippen LogP contribution in [0.4, 0.5) is 0 Å². The smallest absolute Gasteiger partial charge is 0.335 e. The Kier molecular flexibility index (Phi) is 5.13. The van der Waals surface area contributed by atoms with Crippen LogP contribution in [-0.4, -0.2) is 11.1 Å². The number of benzene rings is 3. The standard InChI is InChI=1S/C24H26O2/c1-15(2)18-7-9-21(23(14-18)16(3)4)12-17-5-6-20-13-22(24(25)26)10-8-19(20)11-17/h5-11,13-16H,12H2,1-4H3,(H,25,26). The van der Waals surface area contributed by atoms with Gasteiger partial charge in [0.25, 0.3) is 0 Å². The van der Waals surface area contributed by atoms with Gasteiger partial charge in [-0.3, -0.25) is 0 Å². The average molecular weight is 346 g/mol. The molecular weight excluding hydrogens is 320 g/mol. The van der Waals surface area contributed by atoms with E-state index in [9.17, 15) is 4.79 Å². The van der Waals surface area contributed by atoms with Gasteiger partial charge in [-0.25, -0.2) is 4.79 Å². The summed E-state index contributed by atoms with van der Waals surface area (Å²) >= 11 is 0. The summed E-state index contributed by atoms with van der Waals surface area (Å²) in [6.07, 6.45) is 0.891. The maximum atomic E-state index is 11.1. The zero-order valence-electron chi connectivity index (χ0n) is 15.9. The zero-order valence-corrected chi connectivity index (χ0v) is 15.9. The summed E-state index contributed by atoms with van der Waals surface area (Å²) in [5.41, 5.74) is 5.75. The molecule has 0 bridgehead atoms. The van der Waals surface area contributed by atoms with Gasteiger partial charge in [0.1, 0.15) is 0 Å². The molecule has 0 radical (unpaired) electrons. The predicted molar refractivity (Wildman–Crippen MR) is 108 cm³/mol. The number of carbonyl (C=O) groups is 1. The topological polar surface area (TPSA) is 37.3 Å². The van der Waals surface area contributed by atoms with Crippen molar-refractivity contribution in [2.45, 2.75) is 46.0 Å². The summed E-state index contributed by atoms with van der Waals surface area (Å²) in [5.74, 6) is 0.135. The van der Waals surface area contributed by atoms with Gasteiger partial charge in [-0.1, -0.05) is 70.2 Å². The third-order valence-electron chi connectivity index (χ3n) is 5.00. The first kappa shape index (κ1) is 18.2. The van der Waals surface area contributed by atoms with E-state index in [2.05, 4.69) is 58.0 Å². The molecule has 0 heterocycles. The summed E-state index contributed by atoms with van der Waals surface area (Å²) < 4.78 is 0. The van der Waals surface area contributed by atoms with E-state index in [-0.39, 0.29) is 0 Å². The van der Waals surface area contributed by atoms with Crippen LogP contribution in [0.2, 0.25) is 0 Å². The number of rotatable bonds is 5. The van der Waals surface area contributed by atoms with Gasteiger partial charge in [-0.15, -0.1) is 0 Å². The van der Waals surface area contributed by atoms with Crippen molar-refractivity contribution in [2.24, 2.45) is 0 Å². The van der Waals surface area contributed by atoms with Crippen LogP contribution in [0.3, 0.4) is 0 Å². The van der Waals surface area contributed by atoms with Gasteiger partial charge in [0, 0.05) is 0 Å². The molecule has 3 rings (SSSR count). The number of fused-ring (bicyclic) bond motifs is 1. The molecule has 0 amide bonds. The van der Waals surface area contributed by atoms with Crippen LogP contribution in [0.25, 0.3) is 10.8 Å². The quantitative estimate of drug-likeness (QED) is 0.582. The number of hydrogen-bond acceptors (Lipinski definition) is 1. The molecule has 2 heteroatoms. The lowest BCUT2D eigenvalue weighted by molar-refractivity contribution is 0.0697. The van der Waals surface area contributed by atoms with Crippen molar-refractivity contribution in [3.8, 4) is 0 Å². The van der Waals surface area contributed by atoms with Crippen molar-refractivity contribution in [1.82, 2.24) is 0 Å². The van der Waals surface area contributed by atoms with E-state index in [1.807, 2.05) is 12.1 Å². The lowest BCUT2D eigenvalue weighted by atomic mass is 9.88. The second-order valence-electron chi connectivity index (χ2n) is 7.65. The third-order valence-corrected chi connectivity index (χ3v) is 5.00. The maximum Gasteiger partial charge on any atom is 0.335 e. The van der Waals surface area contributed by atoms with E-state index >= 15 is 0 Å². The van der Waals surface area contributed by atoms with E-state index in [4.69, 9.17) is 5.11 Å². The van der Waals surface area contributed by atoms with Crippen LogP contribution in [0.5, 0.6) is 0 Å². The van der Waals surface area contributed by atoms with Gasteiger partial charge >= 0.3 is 5.97 Å². The highest BCUT2D eigenvalue weighted by molar-refractivity contribution is 5.94. The Bertz CT molecular complexity index is 952. The number of carboxylic acids is 1. The molecular formula is C24H26O2. The molecule has 0 spiro atoms. The summed E-state index contributed by atoms with van der Waals surface area (Å²) in [5, 5.41) is 11.2. The third kappa shape index (κ3) is 3.80. The molecule has 0 aromatic heterocycles. The molecule has 0 unspecified atom stereocenters. The lowest BCUT2D eigenvalue weighted by Gasteiger charge is -2.17. The zero-order chi connectivity index (χ0) is 18.8. The minimum atomic E-state index is -0.886. The number of carboxylic acid groups (broad SMARTS) is 1. The van der Waals surface area contributed by atoms with E-state index in [0.717, 1.165) is 17.2 Å². The molecule has 0 fully saturated rings.